The summed E-state index contributed by atoms with van der Waals surface area (Å²) in [6, 6.07) is 6.83. The topological polar surface area (TPSA) is 66.6 Å². The molecule has 1 aromatic carbocycles. The Kier molecular flexibility index (Phi) is 4.96. The number of rotatable bonds is 3. The third-order valence-electron chi connectivity index (χ3n) is 4.05. The first kappa shape index (κ1) is 15.5. The summed E-state index contributed by atoms with van der Waals surface area (Å²) in [5.74, 6) is -0.440. The Balaban J connectivity index is 2.18. The summed E-state index contributed by atoms with van der Waals surface area (Å²) in [5.41, 5.74) is 6.26. The molecule has 0 radical (unpaired) electrons. The average Bonchev–Trinajstić information content (AvgIpc) is 2.67. The molecule has 0 unspecified atom stereocenters. The van der Waals surface area contributed by atoms with Gasteiger partial charge >= 0.3 is 0 Å². The van der Waals surface area contributed by atoms with Crippen molar-refractivity contribution >= 4 is 11.8 Å². The van der Waals surface area contributed by atoms with E-state index in [1.807, 2.05) is 4.90 Å². The first-order chi connectivity index (χ1) is 10.0. The lowest BCUT2D eigenvalue weighted by molar-refractivity contribution is 0.0675. The van der Waals surface area contributed by atoms with E-state index in [4.69, 9.17) is 5.73 Å². The van der Waals surface area contributed by atoms with E-state index >= 15 is 0 Å². The van der Waals surface area contributed by atoms with Crippen molar-refractivity contribution < 1.29 is 9.59 Å². The quantitative estimate of drug-likeness (QED) is 0.913. The molecule has 114 valence electrons. The number of likely N-dealkylation sites (N-methyl/N-ethyl adjacent to an activating group) is 1. The normalized spacial score (nSPS) is 20.1. The van der Waals surface area contributed by atoms with Crippen LogP contribution in [0.3, 0.4) is 0 Å². The minimum absolute atomic E-state index is 0.0353. The van der Waals surface area contributed by atoms with E-state index in [9.17, 15) is 9.59 Å². The number of nitrogens with zero attached hydrogens (tertiary/aromatic N) is 2. The van der Waals surface area contributed by atoms with Crippen molar-refractivity contribution in [1.82, 2.24) is 9.80 Å². The molecule has 21 heavy (non-hydrogen) atoms. The molecule has 0 aliphatic carbocycles. The van der Waals surface area contributed by atoms with Crippen molar-refractivity contribution in [3.05, 3.63) is 35.4 Å². The van der Waals surface area contributed by atoms with Crippen LogP contribution in [0.2, 0.25) is 0 Å². The Morgan fingerprint density at radius 3 is 2.38 bits per heavy atom. The van der Waals surface area contributed by atoms with Gasteiger partial charge in [-0.15, -0.1) is 0 Å². The first-order valence-electron chi connectivity index (χ1n) is 7.42. The van der Waals surface area contributed by atoms with Gasteiger partial charge in [0.25, 0.3) is 5.91 Å². The number of amides is 2. The van der Waals surface area contributed by atoms with Crippen molar-refractivity contribution in [2.24, 2.45) is 5.73 Å². The van der Waals surface area contributed by atoms with Gasteiger partial charge in [0.1, 0.15) is 0 Å². The summed E-state index contributed by atoms with van der Waals surface area (Å²) >= 11 is 0. The van der Waals surface area contributed by atoms with E-state index in [1.165, 1.54) is 0 Å². The van der Waals surface area contributed by atoms with Crippen LogP contribution in [0.4, 0.5) is 0 Å². The van der Waals surface area contributed by atoms with Gasteiger partial charge in [-0.05, 0) is 50.7 Å². The second-order valence-electron chi connectivity index (χ2n) is 5.62. The van der Waals surface area contributed by atoms with Crippen molar-refractivity contribution in [2.45, 2.75) is 25.8 Å². The maximum Gasteiger partial charge on any atom is 0.254 e. The van der Waals surface area contributed by atoms with Gasteiger partial charge in [0.2, 0.25) is 5.91 Å². The highest BCUT2D eigenvalue weighted by Gasteiger charge is 2.26. The standard InChI is InChI=1S/C16H23N3O2/c1-3-14-11-18(2)9-4-10-19(14)16(21)13-7-5-12(6-8-13)15(17)20/h5-8,14H,3-4,9-11H2,1-2H3,(H2,17,20)/t14-/m0/s1. The molecule has 5 heteroatoms. The van der Waals surface area contributed by atoms with Crippen molar-refractivity contribution in [3.63, 3.8) is 0 Å². The smallest absolute Gasteiger partial charge is 0.254 e. The molecule has 2 N–H and O–H groups in total. The second kappa shape index (κ2) is 6.72. The van der Waals surface area contributed by atoms with Gasteiger partial charge in [-0.1, -0.05) is 6.92 Å². The van der Waals surface area contributed by atoms with E-state index < -0.39 is 5.91 Å². The van der Waals surface area contributed by atoms with Crippen LogP contribution in [0.1, 0.15) is 40.5 Å². The second-order valence-corrected chi connectivity index (χ2v) is 5.62. The maximum atomic E-state index is 12.7. The number of primary amides is 1. The molecule has 2 amide bonds. The van der Waals surface area contributed by atoms with Crippen molar-refractivity contribution in [3.8, 4) is 0 Å². The number of hydrogen-bond acceptors (Lipinski definition) is 3. The summed E-state index contributed by atoms with van der Waals surface area (Å²) in [5, 5.41) is 0. The summed E-state index contributed by atoms with van der Waals surface area (Å²) < 4.78 is 0. The monoisotopic (exact) mass is 289 g/mol. The molecule has 0 saturated carbocycles. The molecule has 1 aromatic rings. The number of hydrogen-bond donors (Lipinski definition) is 1. The van der Waals surface area contributed by atoms with Crippen LogP contribution < -0.4 is 5.73 Å². The van der Waals surface area contributed by atoms with E-state index in [1.54, 1.807) is 24.3 Å². The van der Waals surface area contributed by atoms with E-state index in [0.717, 1.165) is 32.5 Å². The molecular weight excluding hydrogens is 266 g/mol. The van der Waals surface area contributed by atoms with Crippen LogP contribution in [0, 0.1) is 0 Å². The fraction of sp³-hybridized carbons (Fsp3) is 0.500. The minimum Gasteiger partial charge on any atom is -0.366 e. The zero-order valence-electron chi connectivity index (χ0n) is 12.7. The predicted molar refractivity (Wildman–Crippen MR) is 82.2 cm³/mol. The average molecular weight is 289 g/mol. The number of carbonyl (C=O) groups excluding carboxylic acids is 2. The lowest BCUT2D eigenvalue weighted by Crippen LogP contribution is -2.43. The van der Waals surface area contributed by atoms with E-state index in [-0.39, 0.29) is 11.9 Å². The molecule has 5 nitrogen and oxygen atoms in total. The minimum atomic E-state index is -0.475. The highest BCUT2D eigenvalue weighted by molar-refractivity contribution is 5.97. The lowest BCUT2D eigenvalue weighted by Gasteiger charge is -2.30. The van der Waals surface area contributed by atoms with Gasteiger partial charge in [0.15, 0.2) is 0 Å². The lowest BCUT2D eigenvalue weighted by atomic mass is 10.1. The third kappa shape index (κ3) is 3.61. The Bertz CT molecular complexity index is 513. The van der Waals surface area contributed by atoms with Crippen molar-refractivity contribution in [1.29, 1.82) is 0 Å². The fourth-order valence-corrected chi connectivity index (χ4v) is 2.80. The molecule has 0 bridgehead atoms. The Morgan fingerprint density at radius 1 is 1.19 bits per heavy atom. The predicted octanol–water partition coefficient (Wildman–Crippen LogP) is 1.34. The SMILES string of the molecule is CC[C@H]1CN(C)CCCN1C(=O)c1ccc(C(N)=O)cc1. The van der Waals surface area contributed by atoms with Crippen molar-refractivity contribution in [2.75, 3.05) is 26.7 Å². The Labute approximate surface area is 125 Å². The number of benzene rings is 1. The summed E-state index contributed by atoms with van der Waals surface area (Å²) in [6.45, 7) is 4.81. The largest absolute Gasteiger partial charge is 0.366 e. The summed E-state index contributed by atoms with van der Waals surface area (Å²) in [4.78, 5) is 28.0. The van der Waals surface area contributed by atoms with Crippen LogP contribution in [-0.2, 0) is 0 Å². The molecule has 1 aliphatic rings. The van der Waals surface area contributed by atoms with Crippen LogP contribution in [0.15, 0.2) is 24.3 Å². The summed E-state index contributed by atoms with van der Waals surface area (Å²) in [7, 11) is 2.10. The molecule has 1 saturated heterocycles. The highest BCUT2D eigenvalue weighted by Crippen LogP contribution is 2.16. The van der Waals surface area contributed by atoms with E-state index in [2.05, 4.69) is 18.9 Å². The Morgan fingerprint density at radius 2 is 1.81 bits per heavy atom. The van der Waals surface area contributed by atoms with Gasteiger partial charge in [0.05, 0.1) is 0 Å². The molecule has 1 fully saturated rings. The molecular formula is C16H23N3O2. The maximum absolute atomic E-state index is 12.7. The first-order valence-corrected chi connectivity index (χ1v) is 7.42. The van der Waals surface area contributed by atoms with Gasteiger partial charge in [0, 0.05) is 30.3 Å². The molecule has 0 aromatic heterocycles. The molecule has 0 spiro atoms. The highest BCUT2D eigenvalue weighted by atomic mass is 16.2. The van der Waals surface area contributed by atoms with Crippen LogP contribution in [-0.4, -0.2) is 54.3 Å². The van der Waals surface area contributed by atoms with Crippen LogP contribution >= 0.6 is 0 Å². The third-order valence-corrected chi connectivity index (χ3v) is 4.05. The van der Waals surface area contributed by atoms with Crippen LogP contribution in [0.5, 0.6) is 0 Å². The number of carbonyl (C=O) groups is 2. The zero-order chi connectivity index (χ0) is 15.4. The van der Waals surface area contributed by atoms with Gasteiger partial charge < -0.3 is 15.5 Å². The molecule has 2 rings (SSSR count). The zero-order valence-corrected chi connectivity index (χ0v) is 12.7. The van der Waals surface area contributed by atoms with Gasteiger partial charge in [-0.2, -0.15) is 0 Å². The molecule has 1 atom stereocenters. The molecule has 1 aliphatic heterocycles. The Hall–Kier alpha value is -1.88. The van der Waals surface area contributed by atoms with E-state index in [0.29, 0.717) is 11.1 Å². The van der Waals surface area contributed by atoms with Gasteiger partial charge in [-0.3, -0.25) is 9.59 Å². The molecule has 1 heterocycles. The fourth-order valence-electron chi connectivity index (χ4n) is 2.80. The van der Waals surface area contributed by atoms with Gasteiger partial charge in [-0.25, -0.2) is 0 Å². The summed E-state index contributed by atoms with van der Waals surface area (Å²) in [6.07, 6.45) is 1.92. The number of nitrogens with two attached hydrogens (primary N) is 1. The van der Waals surface area contributed by atoms with Crippen LogP contribution in [0.25, 0.3) is 0 Å².